The molecule has 1 amide bonds. The number of nitrogens with two attached hydrogens (primary N) is 1. The molecule has 1 unspecified atom stereocenters. The van der Waals surface area contributed by atoms with Gasteiger partial charge in [-0.3, -0.25) is 4.79 Å². The van der Waals surface area contributed by atoms with Crippen molar-refractivity contribution in [1.82, 2.24) is 5.32 Å². The van der Waals surface area contributed by atoms with Crippen LogP contribution in [0, 0.1) is 6.92 Å². The molecule has 18 heavy (non-hydrogen) atoms. The molecule has 0 fully saturated rings. The van der Waals surface area contributed by atoms with Gasteiger partial charge in [0.15, 0.2) is 0 Å². The highest BCUT2D eigenvalue weighted by molar-refractivity contribution is 5.81. The quantitative estimate of drug-likeness (QED) is 0.777. The van der Waals surface area contributed by atoms with Crippen molar-refractivity contribution in [2.24, 2.45) is 5.73 Å². The molecule has 1 rings (SSSR count). The van der Waals surface area contributed by atoms with Crippen molar-refractivity contribution >= 4 is 5.91 Å². The van der Waals surface area contributed by atoms with Gasteiger partial charge < -0.3 is 20.5 Å². The van der Waals surface area contributed by atoms with E-state index >= 15 is 0 Å². The number of amides is 1. The van der Waals surface area contributed by atoms with Gasteiger partial charge in [-0.1, -0.05) is 12.1 Å². The largest absolute Gasteiger partial charge is 0.496 e. The molecule has 0 radical (unpaired) electrons. The molecular weight excluding hydrogens is 232 g/mol. The molecule has 5 heteroatoms. The van der Waals surface area contributed by atoms with Crippen molar-refractivity contribution < 1.29 is 14.3 Å². The molecule has 5 nitrogen and oxygen atoms in total. The van der Waals surface area contributed by atoms with Gasteiger partial charge in [-0.05, 0) is 18.6 Å². The monoisotopic (exact) mass is 252 g/mol. The number of nitrogens with one attached hydrogen (secondary N) is 1. The molecule has 0 aliphatic heterocycles. The highest BCUT2D eigenvalue weighted by Crippen LogP contribution is 2.19. The number of rotatable bonds is 6. The Hall–Kier alpha value is -1.59. The fourth-order valence-electron chi connectivity index (χ4n) is 1.57. The average molecular weight is 252 g/mol. The highest BCUT2D eigenvalue weighted by atomic mass is 16.5. The Morgan fingerprint density at radius 1 is 1.44 bits per heavy atom. The summed E-state index contributed by atoms with van der Waals surface area (Å²) in [5.41, 5.74) is 7.65. The van der Waals surface area contributed by atoms with E-state index in [1.54, 1.807) is 7.11 Å². The van der Waals surface area contributed by atoms with Gasteiger partial charge in [0.25, 0.3) is 0 Å². The second kappa shape index (κ2) is 6.98. The minimum Gasteiger partial charge on any atom is -0.496 e. The van der Waals surface area contributed by atoms with Gasteiger partial charge in [0.2, 0.25) is 5.91 Å². The molecule has 0 aliphatic rings. The van der Waals surface area contributed by atoms with E-state index in [9.17, 15) is 4.79 Å². The zero-order chi connectivity index (χ0) is 13.5. The Bertz CT molecular complexity index is 407. The number of ether oxygens (including phenoxy) is 2. The summed E-state index contributed by atoms with van der Waals surface area (Å²) >= 11 is 0. The third-order valence-corrected chi connectivity index (χ3v) is 2.58. The number of aryl methyl sites for hydroxylation is 1. The van der Waals surface area contributed by atoms with Crippen LogP contribution in [-0.4, -0.2) is 32.8 Å². The van der Waals surface area contributed by atoms with E-state index < -0.39 is 6.04 Å². The fourth-order valence-corrected chi connectivity index (χ4v) is 1.57. The third-order valence-electron chi connectivity index (χ3n) is 2.58. The van der Waals surface area contributed by atoms with E-state index in [-0.39, 0.29) is 12.5 Å². The number of methoxy groups -OCH3 is 2. The summed E-state index contributed by atoms with van der Waals surface area (Å²) in [5, 5.41) is 2.75. The molecule has 0 heterocycles. The topological polar surface area (TPSA) is 73.6 Å². The van der Waals surface area contributed by atoms with E-state index in [0.717, 1.165) is 16.9 Å². The van der Waals surface area contributed by atoms with Crippen LogP contribution in [0.5, 0.6) is 5.75 Å². The van der Waals surface area contributed by atoms with Crippen molar-refractivity contribution in [1.29, 1.82) is 0 Å². The first-order valence-electron chi connectivity index (χ1n) is 5.74. The van der Waals surface area contributed by atoms with Crippen LogP contribution in [0.25, 0.3) is 0 Å². The van der Waals surface area contributed by atoms with E-state index in [1.165, 1.54) is 7.11 Å². The Morgan fingerprint density at radius 2 is 2.17 bits per heavy atom. The van der Waals surface area contributed by atoms with Crippen LogP contribution in [0.4, 0.5) is 0 Å². The van der Waals surface area contributed by atoms with E-state index in [1.807, 2.05) is 25.1 Å². The first-order valence-corrected chi connectivity index (χ1v) is 5.74. The van der Waals surface area contributed by atoms with Crippen LogP contribution < -0.4 is 15.8 Å². The zero-order valence-electron chi connectivity index (χ0n) is 11.0. The van der Waals surface area contributed by atoms with Crippen molar-refractivity contribution in [3.05, 3.63) is 29.3 Å². The molecule has 0 aromatic heterocycles. The number of benzene rings is 1. The predicted molar refractivity (Wildman–Crippen MR) is 69.4 cm³/mol. The number of hydrogen-bond donors (Lipinski definition) is 2. The minimum absolute atomic E-state index is 0.205. The normalized spacial score (nSPS) is 12.0. The Balaban J connectivity index is 2.60. The summed E-state index contributed by atoms with van der Waals surface area (Å²) < 4.78 is 10.1. The summed E-state index contributed by atoms with van der Waals surface area (Å²) in [5.74, 6) is 0.523. The Morgan fingerprint density at radius 3 is 2.78 bits per heavy atom. The molecule has 1 aromatic rings. The molecule has 3 N–H and O–H groups in total. The SMILES string of the molecule is COCC(N)C(=O)NCc1ccc(C)cc1OC. The third kappa shape index (κ3) is 4.01. The molecular formula is C13H20N2O3. The van der Waals surface area contributed by atoms with Crippen LogP contribution >= 0.6 is 0 Å². The second-order valence-electron chi connectivity index (χ2n) is 4.09. The summed E-state index contributed by atoms with van der Waals surface area (Å²) in [4.78, 5) is 11.6. The lowest BCUT2D eigenvalue weighted by atomic mass is 10.1. The molecule has 0 aliphatic carbocycles. The van der Waals surface area contributed by atoms with Crippen molar-refractivity contribution in [3.63, 3.8) is 0 Å². The number of carbonyl (C=O) groups excluding carboxylic acids is 1. The summed E-state index contributed by atoms with van der Waals surface area (Å²) in [6.07, 6.45) is 0. The van der Waals surface area contributed by atoms with Crippen molar-refractivity contribution in [2.45, 2.75) is 19.5 Å². The van der Waals surface area contributed by atoms with Gasteiger partial charge in [0, 0.05) is 19.2 Å². The summed E-state index contributed by atoms with van der Waals surface area (Å²) in [7, 11) is 3.12. The Labute approximate surface area is 107 Å². The molecule has 0 bridgehead atoms. The van der Waals surface area contributed by atoms with Gasteiger partial charge in [0.05, 0.1) is 13.7 Å². The van der Waals surface area contributed by atoms with E-state index in [2.05, 4.69) is 5.32 Å². The molecule has 0 saturated carbocycles. The van der Waals surface area contributed by atoms with Gasteiger partial charge in [-0.15, -0.1) is 0 Å². The first kappa shape index (κ1) is 14.5. The van der Waals surface area contributed by atoms with E-state index in [0.29, 0.717) is 6.54 Å². The maximum absolute atomic E-state index is 11.6. The summed E-state index contributed by atoms with van der Waals surface area (Å²) in [6, 6.07) is 5.18. The van der Waals surface area contributed by atoms with Crippen LogP contribution in [0.3, 0.4) is 0 Å². The molecule has 1 atom stereocenters. The maximum Gasteiger partial charge on any atom is 0.239 e. The zero-order valence-corrected chi connectivity index (χ0v) is 11.0. The fraction of sp³-hybridized carbons (Fsp3) is 0.462. The number of hydrogen-bond acceptors (Lipinski definition) is 4. The van der Waals surface area contributed by atoms with Crippen LogP contribution in [0.2, 0.25) is 0 Å². The van der Waals surface area contributed by atoms with Crippen LogP contribution in [0.15, 0.2) is 18.2 Å². The number of carbonyl (C=O) groups is 1. The lowest BCUT2D eigenvalue weighted by Crippen LogP contribution is -2.43. The lowest BCUT2D eigenvalue weighted by molar-refractivity contribution is -0.123. The van der Waals surface area contributed by atoms with Crippen molar-refractivity contribution in [3.8, 4) is 5.75 Å². The van der Waals surface area contributed by atoms with Gasteiger partial charge in [-0.25, -0.2) is 0 Å². The lowest BCUT2D eigenvalue weighted by Gasteiger charge is -2.13. The smallest absolute Gasteiger partial charge is 0.239 e. The van der Waals surface area contributed by atoms with E-state index in [4.69, 9.17) is 15.2 Å². The van der Waals surface area contributed by atoms with Crippen molar-refractivity contribution in [2.75, 3.05) is 20.8 Å². The molecule has 0 saturated heterocycles. The molecule has 0 spiro atoms. The molecule has 1 aromatic carbocycles. The predicted octanol–water partition coefficient (Wildman–Crippen LogP) is 0.594. The van der Waals surface area contributed by atoms with Gasteiger partial charge >= 0.3 is 0 Å². The van der Waals surface area contributed by atoms with Crippen LogP contribution in [0.1, 0.15) is 11.1 Å². The van der Waals surface area contributed by atoms with Gasteiger partial charge in [-0.2, -0.15) is 0 Å². The second-order valence-corrected chi connectivity index (χ2v) is 4.09. The standard InChI is InChI=1S/C13H20N2O3/c1-9-4-5-10(12(6-9)18-3)7-15-13(16)11(14)8-17-2/h4-6,11H,7-8,14H2,1-3H3,(H,15,16). The highest BCUT2D eigenvalue weighted by Gasteiger charge is 2.13. The Kier molecular flexibility index (Phi) is 5.61. The summed E-state index contributed by atoms with van der Waals surface area (Å²) in [6.45, 7) is 2.58. The van der Waals surface area contributed by atoms with Gasteiger partial charge in [0.1, 0.15) is 11.8 Å². The van der Waals surface area contributed by atoms with Crippen LogP contribution in [-0.2, 0) is 16.1 Å². The average Bonchev–Trinajstić information content (AvgIpc) is 2.37. The molecule has 100 valence electrons. The minimum atomic E-state index is -0.647. The first-order chi connectivity index (χ1) is 8.58. The maximum atomic E-state index is 11.6.